The van der Waals surface area contributed by atoms with Gasteiger partial charge in [-0.3, -0.25) is 9.78 Å². The van der Waals surface area contributed by atoms with Gasteiger partial charge in [0.15, 0.2) is 5.82 Å². The fourth-order valence-corrected chi connectivity index (χ4v) is 2.80. The van der Waals surface area contributed by atoms with Gasteiger partial charge in [0.1, 0.15) is 17.0 Å². The third-order valence-corrected chi connectivity index (χ3v) is 3.99. The maximum Gasteiger partial charge on any atom is 0.222 e. The number of pyridine rings is 2. The molecule has 0 saturated carbocycles. The van der Waals surface area contributed by atoms with Crippen LogP contribution in [0.4, 0.5) is 17.3 Å². The van der Waals surface area contributed by atoms with Crippen LogP contribution in [0.15, 0.2) is 55.0 Å². The molecule has 0 saturated heterocycles. The second-order valence-electron chi connectivity index (χ2n) is 6.03. The summed E-state index contributed by atoms with van der Waals surface area (Å²) < 4.78 is 1.65. The maximum absolute atomic E-state index is 11.3. The Labute approximate surface area is 173 Å². The summed E-state index contributed by atoms with van der Waals surface area (Å²) in [4.78, 5) is 24.3. The van der Waals surface area contributed by atoms with Gasteiger partial charge in [-0.2, -0.15) is 0 Å². The standard InChI is InChI=1S/C19H17N7O2.C2H6/c1-12(28)22-16-10-14(5-8-21-16)23-19-17-13(11-27)6-9-26(17)25-18(24-19)15-4-2-3-7-20-15;1-2/h2-10,27H,11H2,1H3,(H2,21,22,23,24,25,28);1-2H3. The van der Waals surface area contributed by atoms with Crippen LogP contribution in [-0.2, 0) is 11.4 Å². The largest absolute Gasteiger partial charge is 0.392 e. The topological polar surface area (TPSA) is 117 Å². The van der Waals surface area contributed by atoms with Crippen LogP contribution in [0.3, 0.4) is 0 Å². The first-order valence-corrected chi connectivity index (χ1v) is 9.55. The molecule has 30 heavy (non-hydrogen) atoms. The highest BCUT2D eigenvalue weighted by Gasteiger charge is 2.14. The predicted octanol–water partition coefficient (Wildman–Crippen LogP) is 3.41. The van der Waals surface area contributed by atoms with E-state index in [1.807, 2.05) is 32.0 Å². The zero-order valence-electron chi connectivity index (χ0n) is 17.0. The Morgan fingerprint density at radius 2 is 1.97 bits per heavy atom. The number of hydrogen-bond donors (Lipinski definition) is 3. The van der Waals surface area contributed by atoms with Crippen molar-refractivity contribution >= 4 is 28.7 Å². The highest BCUT2D eigenvalue weighted by Crippen LogP contribution is 2.26. The molecule has 0 spiro atoms. The maximum atomic E-state index is 11.3. The lowest BCUT2D eigenvalue weighted by atomic mass is 10.2. The Morgan fingerprint density at radius 1 is 1.13 bits per heavy atom. The van der Waals surface area contributed by atoms with E-state index in [9.17, 15) is 9.90 Å². The SMILES string of the molecule is CC.CC(=O)Nc1cc(Nc2nc(-c3ccccn3)nn3ccc(CO)c23)ccn1. The minimum absolute atomic E-state index is 0.148. The molecule has 0 aliphatic rings. The first-order valence-electron chi connectivity index (χ1n) is 9.55. The molecule has 0 unspecified atom stereocenters. The fraction of sp³-hybridized carbons (Fsp3) is 0.190. The van der Waals surface area contributed by atoms with Gasteiger partial charge in [0.2, 0.25) is 11.7 Å². The number of amides is 1. The zero-order valence-corrected chi connectivity index (χ0v) is 17.0. The molecule has 0 atom stereocenters. The van der Waals surface area contributed by atoms with Crippen molar-refractivity contribution in [3.8, 4) is 11.5 Å². The molecule has 0 fully saturated rings. The van der Waals surface area contributed by atoms with Gasteiger partial charge in [0, 0.05) is 42.8 Å². The number of aromatic nitrogens is 5. The molecule has 0 aromatic carbocycles. The number of hydrogen-bond acceptors (Lipinski definition) is 7. The second-order valence-corrected chi connectivity index (χ2v) is 6.03. The van der Waals surface area contributed by atoms with Crippen LogP contribution in [0.25, 0.3) is 17.0 Å². The number of nitrogens with one attached hydrogen (secondary N) is 2. The summed E-state index contributed by atoms with van der Waals surface area (Å²) in [6.07, 6.45) is 5.01. The fourth-order valence-electron chi connectivity index (χ4n) is 2.80. The van der Waals surface area contributed by atoms with Gasteiger partial charge in [-0.15, -0.1) is 5.10 Å². The molecular formula is C21H23N7O2. The molecule has 1 amide bonds. The smallest absolute Gasteiger partial charge is 0.222 e. The van der Waals surface area contributed by atoms with Crippen molar-refractivity contribution in [2.45, 2.75) is 27.4 Å². The highest BCUT2D eigenvalue weighted by molar-refractivity contribution is 5.88. The van der Waals surface area contributed by atoms with E-state index in [1.54, 1.807) is 41.3 Å². The van der Waals surface area contributed by atoms with Crippen LogP contribution in [0, 0.1) is 0 Å². The van der Waals surface area contributed by atoms with Crippen molar-refractivity contribution in [2.24, 2.45) is 0 Å². The molecule has 9 nitrogen and oxygen atoms in total. The zero-order chi connectivity index (χ0) is 21.5. The number of fused-ring (bicyclic) bond motifs is 1. The third-order valence-electron chi connectivity index (χ3n) is 3.99. The monoisotopic (exact) mass is 405 g/mol. The Balaban J connectivity index is 0.00000124. The molecule has 154 valence electrons. The number of carbonyl (C=O) groups is 1. The van der Waals surface area contributed by atoms with Crippen molar-refractivity contribution in [3.05, 3.63) is 60.6 Å². The average Bonchev–Trinajstić information content (AvgIpc) is 3.19. The van der Waals surface area contributed by atoms with Crippen molar-refractivity contribution in [3.63, 3.8) is 0 Å². The first kappa shape index (κ1) is 20.9. The number of rotatable bonds is 5. The molecule has 4 aromatic rings. The molecular weight excluding hydrogens is 382 g/mol. The van der Waals surface area contributed by atoms with Gasteiger partial charge in [0.05, 0.1) is 6.61 Å². The van der Waals surface area contributed by atoms with Crippen molar-refractivity contribution < 1.29 is 9.90 Å². The minimum atomic E-state index is -0.208. The van der Waals surface area contributed by atoms with E-state index in [0.717, 1.165) is 0 Å². The van der Waals surface area contributed by atoms with Crippen LogP contribution in [0.5, 0.6) is 0 Å². The number of anilines is 3. The number of carbonyl (C=O) groups excluding carboxylic acids is 1. The average molecular weight is 405 g/mol. The predicted molar refractivity (Wildman–Crippen MR) is 115 cm³/mol. The molecule has 9 heteroatoms. The molecule has 4 rings (SSSR count). The summed E-state index contributed by atoms with van der Waals surface area (Å²) in [5.74, 6) is 1.16. The van der Waals surface area contributed by atoms with E-state index in [2.05, 4.69) is 30.7 Å². The van der Waals surface area contributed by atoms with E-state index in [0.29, 0.717) is 39.9 Å². The minimum Gasteiger partial charge on any atom is -0.392 e. The van der Waals surface area contributed by atoms with Gasteiger partial charge in [-0.05, 0) is 24.3 Å². The van der Waals surface area contributed by atoms with Gasteiger partial charge >= 0.3 is 0 Å². The second kappa shape index (κ2) is 9.57. The summed E-state index contributed by atoms with van der Waals surface area (Å²) in [6, 6.07) is 10.7. The van der Waals surface area contributed by atoms with E-state index in [-0.39, 0.29) is 12.5 Å². The number of aliphatic hydroxyl groups is 1. The summed E-state index contributed by atoms with van der Waals surface area (Å²) >= 11 is 0. The molecule has 4 heterocycles. The quantitative estimate of drug-likeness (QED) is 0.466. The summed E-state index contributed by atoms with van der Waals surface area (Å²) in [6.45, 7) is 5.27. The van der Waals surface area contributed by atoms with Gasteiger partial charge in [0.25, 0.3) is 0 Å². The van der Waals surface area contributed by atoms with Gasteiger partial charge in [-0.25, -0.2) is 14.5 Å². The lowest BCUT2D eigenvalue weighted by Crippen LogP contribution is -2.08. The molecule has 4 aromatic heterocycles. The summed E-state index contributed by atoms with van der Waals surface area (Å²) in [7, 11) is 0. The van der Waals surface area contributed by atoms with E-state index >= 15 is 0 Å². The van der Waals surface area contributed by atoms with Crippen LogP contribution >= 0.6 is 0 Å². The molecule has 0 radical (unpaired) electrons. The van der Waals surface area contributed by atoms with Gasteiger partial charge in [-0.1, -0.05) is 19.9 Å². The van der Waals surface area contributed by atoms with E-state index in [1.165, 1.54) is 6.92 Å². The Bertz CT molecular complexity index is 1140. The summed E-state index contributed by atoms with van der Waals surface area (Å²) in [5, 5.41) is 20.0. The Hall–Kier alpha value is -3.85. The van der Waals surface area contributed by atoms with Crippen molar-refractivity contribution in [2.75, 3.05) is 10.6 Å². The van der Waals surface area contributed by atoms with Crippen LogP contribution in [0.1, 0.15) is 26.3 Å². The van der Waals surface area contributed by atoms with Crippen LogP contribution in [-0.4, -0.2) is 35.6 Å². The summed E-state index contributed by atoms with van der Waals surface area (Å²) in [5.41, 5.74) is 2.64. The number of nitrogens with zero attached hydrogens (tertiary/aromatic N) is 5. The lowest BCUT2D eigenvalue weighted by Gasteiger charge is -2.11. The van der Waals surface area contributed by atoms with E-state index in [4.69, 9.17) is 0 Å². The molecule has 0 bridgehead atoms. The van der Waals surface area contributed by atoms with Crippen LogP contribution in [0.2, 0.25) is 0 Å². The molecule has 0 aliphatic heterocycles. The van der Waals surface area contributed by atoms with Gasteiger partial charge < -0.3 is 15.7 Å². The normalized spacial score (nSPS) is 10.3. The van der Waals surface area contributed by atoms with Crippen LogP contribution < -0.4 is 10.6 Å². The Morgan fingerprint density at radius 3 is 2.67 bits per heavy atom. The number of aliphatic hydroxyl groups excluding tert-OH is 1. The van der Waals surface area contributed by atoms with Crippen molar-refractivity contribution in [1.82, 2.24) is 24.6 Å². The van der Waals surface area contributed by atoms with E-state index < -0.39 is 0 Å². The first-order chi connectivity index (χ1) is 14.6. The Kier molecular flexibility index (Phi) is 6.66. The third kappa shape index (κ3) is 4.58. The highest BCUT2D eigenvalue weighted by atomic mass is 16.3. The van der Waals surface area contributed by atoms with Crippen molar-refractivity contribution in [1.29, 1.82) is 0 Å². The molecule has 0 aliphatic carbocycles. The lowest BCUT2D eigenvalue weighted by molar-refractivity contribution is -0.114. The molecule has 3 N–H and O–H groups in total.